The maximum Gasteiger partial charge on any atom is 0.163 e. The fourth-order valence-electron chi connectivity index (χ4n) is 2.98. The lowest BCUT2D eigenvalue weighted by atomic mass is 9.79. The highest BCUT2D eigenvalue weighted by Gasteiger charge is 2.29. The zero-order valence-electron chi connectivity index (χ0n) is 12.4. The van der Waals surface area contributed by atoms with Gasteiger partial charge in [-0.15, -0.1) is 0 Å². The van der Waals surface area contributed by atoms with Crippen LogP contribution in [0.5, 0.6) is 0 Å². The van der Waals surface area contributed by atoms with Crippen molar-refractivity contribution in [3.05, 3.63) is 76.3 Å². The van der Waals surface area contributed by atoms with Gasteiger partial charge in [0.15, 0.2) is 5.11 Å². The number of thiocarbonyl (C=S) groups is 1. The minimum Gasteiger partial charge on any atom is -0.388 e. The third-order valence-corrected chi connectivity index (χ3v) is 4.53. The molecule has 1 aliphatic rings. The van der Waals surface area contributed by atoms with Crippen molar-refractivity contribution in [3.63, 3.8) is 0 Å². The van der Waals surface area contributed by atoms with Gasteiger partial charge in [0.05, 0.1) is 6.10 Å². The quantitative estimate of drug-likeness (QED) is 0.749. The van der Waals surface area contributed by atoms with Crippen LogP contribution >= 0.6 is 23.8 Å². The van der Waals surface area contributed by atoms with Gasteiger partial charge in [-0.1, -0.05) is 54.1 Å². The Morgan fingerprint density at radius 3 is 2.48 bits per heavy atom. The predicted molar refractivity (Wildman–Crippen MR) is 98.5 cm³/mol. The van der Waals surface area contributed by atoms with E-state index in [1.807, 2.05) is 54.6 Å². The van der Waals surface area contributed by atoms with Gasteiger partial charge in [-0.2, -0.15) is 0 Å². The predicted octanol–water partition coefficient (Wildman–Crippen LogP) is 3.06. The van der Waals surface area contributed by atoms with Crippen molar-refractivity contribution in [2.24, 2.45) is 5.73 Å². The van der Waals surface area contributed by atoms with Crippen LogP contribution in [0.15, 0.2) is 54.6 Å². The topological polar surface area (TPSA) is 58.3 Å². The first kappa shape index (κ1) is 16.0. The molecule has 0 fully saturated rings. The maximum atomic E-state index is 10.6. The number of aliphatic hydroxyl groups excluding tert-OH is 1. The molecule has 0 bridgehead atoms. The normalized spacial score (nSPS) is 19.7. The Labute approximate surface area is 145 Å². The summed E-state index contributed by atoms with van der Waals surface area (Å²) in [4.78, 5) is 0. The Kier molecular flexibility index (Phi) is 4.66. The molecule has 1 aliphatic carbocycles. The molecule has 0 saturated heterocycles. The number of hydrogen-bond donors (Lipinski definition) is 3. The first-order chi connectivity index (χ1) is 11.1. The SMILES string of the molecule is NC(=S)NCC1c2ccccc2C(c2ccccc2Cl)=CC1O. The van der Waals surface area contributed by atoms with E-state index in [-0.39, 0.29) is 11.0 Å². The summed E-state index contributed by atoms with van der Waals surface area (Å²) in [5, 5.41) is 14.5. The molecule has 0 heterocycles. The summed E-state index contributed by atoms with van der Waals surface area (Å²) < 4.78 is 0. The van der Waals surface area contributed by atoms with Gasteiger partial charge in [0.25, 0.3) is 0 Å². The average Bonchev–Trinajstić information content (AvgIpc) is 2.54. The molecule has 118 valence electrons. The van der Waals surface area contributed by atoms with E-state index < -0.39 is 6.10 Å². The van der Waals surface area contributed by atoms with E-state index in [2.05, 4.69) is 5.32 Å². The Morgan fingerprint density at radius 1 is 1.13 bits per heavy atom. The van der Waals surface area contributed by atoms with E-state index in [4.69, 9.17) is 29.6 Å². The smallest absolute Gasteiger partial charge is 0.163 e. The molecule has 0 radical (unpaired) electrons. The summed E-state index contributed by atoms with van der Waals surface area (Å²) in [5.41, 5.74) is 9.51. The second-order valence-electron chi connectivity index (χ2n) is 5.49. The lowest BCUT2D eigenvalue weighted by Crippen LogP contribution is -2.37. The van der Waals surface area contributed by atoms with Crippen LogP contribution in [0.1, 0.15) is 22.6 Å². The Bertz CT molecular complexity index is 775. The second kappa shape index (κ2) is 6.71. The first-order valence-corrected chi connectivity index (χ1v) is 8.14. The number of aliphatic hydroxyl groups is 1. The van der Waals surface area contributed by atoms with Crippen molar-refractivity contribution < 1.29 is 5.11 Å². The van der Waals surface area contributed by atoms with Crippen LogP contribution in [0.3, 0.4) is 0 Å². The Hall–Kier alpha value is -1.88. The summed E-state index contributed by atoms with van der Waals surface area (Å²) in [6.45, 7) is 0.486. The van der Waals surface area contributed by atoms with E-state index in [9.17, 15) is 5.11 Å². The summed E-state index contributed by atoms with van der Waals surface area (Å²) in [7, 11) is 0. The van der Waals surface area contributed by atoms with Crippen molar-refractivity contribution in [3.8, 4) is 0 Å². The molecule has 5 heteroatoms. The fraction of sp³-hybridized carbons (Fsp3) is 0.167. The van der Waals surface area contributed by atoms with E-state index >= 15 is 0 Å². The lowest BCUT2D eigenvalue weighted by Gasteiger charge is -2.30. The monoisotopic (exact) mass is 344 g/mol. The number of nitrogens with two attached hydrogens (primary N) is 1. The number of rotatable bonds is 3. The molecular formula is C18H17ClN2OS. The van der Waals surface area contributed by atoms with Gasteiger partial charge < -0.3 is 16.2 Å². The van der Waals surface area contributed by atoms with Crippen molar-refractivity contribution in [2.45, 2.75) is 12.0 Å². The van der Waals surface area contributed by atoms with Gasteiger partial charge >= 0.3 is 0 Å². The molecule has 2 aromatic carbocycles. The standard InChI is InChI=1S/C18H17ClN2OS/c19-16-8-4-3-7-13(16)14-9-17(22)15(10-21-18(20)23)12-6-2-1-5-11(12)14/h1-9,15,17,22H,10H2,(H3,20,21,23). The molecule has 3 nitrogen and oxygen atoms in total. The molecule has 2 aromatic rings. The molecule has 2 atom stereocenters. The molecular weight excluding hydrogens is 328 g/mol. The summed E-state index contributed by atoms with van der Waals surface area (Å²) in [5.74, 6) is -0.112. The Morgan fingerprint density at radius 2 is 1.78 bits per heavy atom. The van der Waals surface area contributed by atoms with E-state index in [1.165, 1.54) is 0 Å². The van der Waals surface area contributed by atoms with E-state index in [1.54, 1.807) is 0 Å². The van der Waals surface area contributed by atoms with Crippen LogP contribution in [-0.4, -0.2) is 22.9 Å². The highest BCUT2D eigenvalue weighted by Crippen LogP contribution is 2.39. The van der Waals surface area contributed by atoms with E-state index in [0.717, 1.165) is 22.3 Å². The zero-order chi connectivity index (χ0) is 16.4. The average molecular weight is 345 g/mol. The van der Waals surface area contributed by atoms with Crippen LogP contribution < -0.4 is 11.1 Å². The zero-order valence-corrected chi connectivity index (χ0v) is 13.9. The van der Waals surface area contributed by atoms with Crippen molar-refractivity contribution >= 4 is 34.5 Å². The summed E-state index contributed by atoms with van der Waals surface area (Å²) in [6.07, 6.45) is 1.22. The first-order valence-electron chi connectivity index (χ1n) is 7.35. The number of hydrogen-bond acceptors (Lipinski definition) is 2. The Balaban J connectivity index is 2.06. The largest absolute Gasteiger partial charge is 0.388 e. The molecule has 3 rings (SSSR count). The van der Waals surface area contributed by atoms with Gasteiger partial charge in [0.1, 0.15) is 0 Å². The fourth-order valence-corrected chi connectivity index (χ4v) is 3.30. The summed E-state index contributed by atoms with van der Waals surface area (Å²) in [6, 6.07) is 15.7. The van der Waals surface area contributed by atoms with Crippen LogP contribution in [0.25, 0.3) is 5.57 Å². The van der Waals surface area contributed by atoms with Crippen LogP contribution in [0, 0.1) is 0 Å². The van der Waals surface area contributed by atoms with Gasteiger partial charge in [0, 0.05) is 23.0 Å². The molecule has 2 unspecified atom stereocenters. The molecule has 0 aromatic heterocycles. The third-order valence-electron chi connectivity index (χ3n) is 4.06. The van der Waals surface area contributed by atoms with Crippen molar-refractivity contribution in [1.29, 1.82) is 0 Å². The van der Waals surface area contributed by atoms with Gasteiger partial charge in [-0.05, 0) is 41.1 Å². The van der Waals surface area contributed by atoms with Crippen molar-refractivity contribution in [2.75, 3.05) is 6.54 Å². The molecule has 4 N–H and O–H groups in total. The van der Waals surface area contributed by atoms with E-state index in [0.29, 0.717) is 11.6 Å². The summed E-state index contributed by atoms with van der Waals surface area (Å²) >= 11 is 11.2. The molecule has 0 aliphatic heterocycles. The minimum absolute atomic E-state index is 0.112. The highest BCUT2D eigenvalue weighted by molar-refractivity contribution is 7.80. The molecule has 23 heavy (non-hydrogen) atoms. The van der Waals surface area contributed by atoms with Gasteiger partial charge in [0.2, 0.25) is 0 Å². The van der Waals surface area contributed by atoms with Gasteiger partial charge in [-0.3, -0.25) is 0 Å². The number of halogens is 1. The third kappa shape index (κ3) is 3.24. The minimum atomic E-state index is -0.641. The van der Waals surface area contributed by atoms with Crippen LogP contribution in [0.4, 0.5) is 0 Å². The molecule has 0 amide bonds. The molecule has 0 spiro atoms. The van der Waals surface area contributed by atoms with Crippen molar-refractivity contribution in [1.82, 2.24) is 5.32 Å². The highest BCUT2D eigenvalue weighted by atomic mass is 35.5. The van der Waals surface area contributed by atoms with Crippen LogP contribution in [-0.2, 0) is 0 Å². The number of fused-ring (bicyclic) bond motifs is 1. The second-order valence-corrected chi connectivity index (χ2v) is 6.34. The van der Waals surface area contributed by atoms with Gasteiger partial charge in [-0.25, -0.2) is 0 Å². The molecule has 0 saturated carbocycles. The number of nitrogens with one attached hydrogen (secondary N) is 1. The number of benzene rings is 2. The lowest BCUT2D eigenvalue weighted by molar-refractivity contribution is 0.189. The van der Waals surface area contributed by atoms with Crippen LogP contribution in [0.2, 0.25) is 5.02 Å². The maximum absolute atomic E-state index is 10.6.